The third-order valence-corrected chi connectivity index (χ3v) is 3.99. The van der Waals surface area contributed by atoms with Crippen molar-refractivity contribution in [3.8, 4) is 0 Å². The zero-order valence-electron chi connectivity index (χ0n) is 10.3. The summed E-state index contributed by atoms with van der Waals surface area (Å²) in [6.45, 7) is 2.87. The van der Waals surface area contributed by atoms with E-state index >= 15 is 0 Å². The van der Waals surface area contributed by atoms with E-state index in [1.165, 1.54) is 0 Å². The number of alkyl halides is 3. The molecule has 1 aliphatic heterocycles. The lowest BCUT2D eigenvalue weighted by molar-refractivity contribution is -0.132. The Morgan fingerprint density at radius 3 is 2.72 bits per heavy atom. The minimum absolute atomic E-state index is 0.00747. The molecule has 1 heterocycles. The first-order valence-corrected chi connectivity index (χ1v) is 6.94. The average molecular weight is 285 g/mol. The van der Waals surface area contributed by atoms with Crippen LogP contribution in [0.15, 0.2) is 0 Å². The highest BCUT2D eigenvalue weighted by Crippen LogP contribution is 2.29. The van der Waals surface area contributed by atoms with Gasteiger partial charge < -0.3 is 10.0 Å². The van der Waals surface area contributed by atoms with Crippen LogP contribution in [0.3, 0.4) is 0 Å². The fourth-order valence-corrected chi connectivity index (χ4v) is 2.69. The molecule has 0 aliphatic carbocycles. The van der Waals surface area contributed by atoms with Gasteiger partial charge in [0.2, 0.25) is 5.91 Å². The Balaban J connectivity index is 2.38. The van der Waals surface area contributed by atoms with Crippen molar-refractivity contribution in [3.63, 3.8) is 0 Å². The molecule has 1 unspecified atom stereocenters. The van der Waals surface area contributed by atoms with Crippen molar-refractivity contribution in [2.75, 3.05) is 31.2 Å². The van der Waals surface area contributed by atoms with E-state index < -0.39 is 11.9 Å². The van der Waals surface area contributed by atoms with Crippen LogP contribution in [-0.4, -0.2) is 53.3 Å². The fourth-order valence-electron chi connectivity index (χ4n) is 2.00. The minimum Gasteiger partial charge on any atom is -0.396 e. The maximum Gasteiger partial charge on any atom is 0.397 e. The number of hydrogen-bond acceptors (Lipinski definition) is 3. The second-order valence-electron chi connectivity index (χ2n) is 5.00. The Bertz CT molecular complexity index is 299. The van der Waals surface area contributed by atoms with Gasteiger partial charge in [0, 0.05) is 18.5 Å². The van der Waals surface area contributed by atoms with Crippen LogP contribution in [0.5, 0.6) is 0 Å². The zero-order chi connectivity index (χ0) is 13.8. The third kappa shape index (κ3) is 5.06. The summed E-state index contributed by atoms with van der Waals surface area (Å²) < 4.78 is 35.8. The van der Waals surface area contributed by atoms with Crippen LogP contribution in [0.1, 0.15) is 19.8 Å². The molecule has 0 aromatic heterocycles. The molecule has 1 aliphatic rings. The molecule has 18 heavy (non-hydrogen) atoms. The van der Waals surface area contributed by atoms with Crippen LogP contribution >= 0.6 is 11.8 Å². The van der Waals surface area contributed by atoms with Crippen LogP contribution in [0.2, 0.25) is 0 Å². The van der Waals surface area contributed by atoms with Crippen LogP contribution in [0, 0.1) is 5.41 Å². The number of carbonyl (C=O) groups excluding carboxylic acids is 1. The monoisotopic (exact) mass is 285 g/mol. The summed E-state index contributed by atoms with van der Waals surface area (Å²) in [6.07, 6.45) is -2.61. The largest absolute Gasteiger partial charge is 0.397 e. The first kappa shape index (κ1) is 15.6. The number of halogens is 3. The summed E-state index contributed by atoms with van der Waals surface area (Å²) in [5.74, 6) is -1.42. The van der Waals surface area contributed by atoms with Crippen molar-refractivity contribution >= 4 is 17.7 Å². The molecule has 0 aromatic carbocycles. The number of piperidine rings is 1. The highest BCUT2D eigenvalue weighted by molar-refractivity contribution is 8.00. The summed E-state index contributed by atoms with van der Waals surface area (Å²) in [5.41, 5.74) is -0.317. The van der Waals surface area contributed by atoms with Crippen LogP contribution in [0.25, 0.3) is 0 Å². The highest BCUT2D eigenvalue weighted by Gasteiger charge is 2.33. The Hall–Kier alpha value is -0.430. The van der Waals surface area contributed by atoms with Gasteiger partial charge in [-0.2, -0.15) is 13.2 Å². The molecule has 7 heteroatoms. The molecule has 0 radical (unpaired) electrons. The summed E-state index contributed by atoms with van der Waals surface area (Å²) in [6, 6.07) is 0. The molecule has 0 aromatic rings. The van der Waals surface area contributed by atoms with Gasteiger partial charge in [-0.15, -0.1) is 11.8 Å². The molecule has 1 atom stereocenters. The van der Waals surface area contributed by atoms with E-state index in [1.54, 1.807) is 4.90 Å². The maximum atomic E-state index is 11.9. The fraction of sp³-hybridized carbons (Fsp3) is 0.909. The van der Waals surface area contributed by atoms with E-state index in [4.69, 9.17) is 0 Å². The quantitative estimate of drug-likeness (QED) is 0.857. The van der Waals surface area contributed by atoms with Crippen LogP contribution < -0.4 is 0 Å². The predicted molar refractivity (Wildman–Crippen MR) is 64.4 cm³/mol. The zero-order valence-corrected chi connectivity index (χ0v) is 11.1. The smallest absolute Gasteiger partial charge is 0.396 e. The van der Waals surface area contributed by atoms with Gasteiger partial charge in [0.05, 0.1) is 18.1 Å². The lowest BCUT2D eigenvalue weighted by Crippen LogP contribution is -2.47. The highest BCUT2D eigenvalue weighted by atomic mass is 32.2. The Morgan fingerprint density at radius 2 is 2.17 bits per heavy atom. The Morgan fingerprint density at radius 1 is 1.50 bits per heavy atom. The van der Waals surface area contributed by atoms with Gasteiger partial charge in [-0.3, -0.25) is 4.79 Å². The standard InChI is InChI=1S/C11H18F3NO2S/c1-10(7-16)3-2-4-15(6-10)9(17)5-18-8-11(12,13)14/h16H,2-8H2,1H3. The molecule has 0 bridgehead atoms. The van der Waals surface area contributed by atoms with Gasteiger partial charge in [-0.25, -0.2) is 0 Å². The molecular weight excluding hydrogens is 267 g/mol. The Kier molecular flexibility index (Phi) is 5.33. The molecule has 1 rings (SSSR count). The second kappa shape index (κ2) is 6.14. The molecule has 0 spiro atoms. The van der Waals surface area contributed by atoms with Crippen molar-refractivity contribution in [1.82, 2.24) is 4.90 Å². The molecule has 1 amide bonds. The minimum atomic E-state index is -4.23. The first-order valence-electron chi connectivity index (χ1n) is 5.79. The number of aliphatic hydroxyl groups excluding tert-OH is 1. The van der Waals surface area contributed by atoms with Gasteiger partial charge >= 0.3 is 6.18 Å². The van der Waals surface area contributed by atoms with E-state index in [2.05, 4.69) is 0 Å². The first-order chi connectivity index (χ1) is 8.26. The predicted octanol–water partition coefficient (Wildman–Crippen LogP) is 1.90. The molecule has 1 N–H and O–H groups in total. The summed E-state index contributed by atoms with van der Waals surface area (Å²) in [7, 11) is 0. The maximum absolute atomic E-state index is 11.9. The van der Waals surface area contributed by atoms with E-state index in [-0.39, 0.29) is 23.7 Å². The molecular formula is C11H18F3NO2S. The van der Waals surface area contributed by atoms with Crippen molar-refractivity contribution in [3.05, 3.63) is 0 Å². The normalized spacial score (nSPS) is 25.3. The van der Waals surface area contributed by atoms with Crippen molar-refractivity contribution in [2.45, 2.75) is 25.9 Å². The number of carbonyl (C=O) groups is 1. The lowest BCUT2D eigenvalue weighted by atomic mass is 9.83. The van der Waals surface area contributed by atoms with Gasteiger partial charge in [-0.1, -0.05) is 6.92 Å². The number of nitrogens with zero attached hydrogens (tertiary/aromatic N) is 1. The number of rotatable bonds is 4. The summed E-state index contributed by atoms with van der Waals surface area (Å²) >= 11 is 0.591. The summed E-state index contributed by atoms with van der Waals surface area (Å²) in [4.78, 5) is 13.3. The van der Waals surface area contributed by atoms with Gasteiger partial charge in [0.25, 0.3) is 0 Å². The van der Waals surface area contributed by atoms with E-state index in [0.29, 0.717) is 24.9 Å². The van der Waals surface area contributed by atoms with Crippen molar-refractivity contribution < 1.29 is 23.1 Å². The van der Waals surface area contributed by atoms with E-state index in [9.17, 15) is 23.1 Å². The molecule has 1 saturated heterocycles. The van der Waals surface area contributed by atoms with Gasteiger partial charge in [-0.05, 0) is 12.8 Å². The van der Waals surface area contributed by atoms with Gasteiger partial charge in [0.1, 0.15) is 0 Å². The molecule has 1 fully saturated rings. The van der Waals surface area contributed by atoms with E-state index in [0.717, 1.165) is 12.8 Å². The van der Waals surface area contributed by atoms with Crippen molar-refractivity contribution in [1.29, 1.82) is 0 Å². The van der Waals surface area contributed by atoms with Crippen LogP contribution in [-0.2, 0) is 4.79 Å². The Labute approximate surface area is 109 Å². The van der Waals surface area contributed by atoms with Crippen LogP contribution in [0.4, 0.5) is 13.2 Å². The number of hydrogen-bond donors (Lipinski definition) is 1. The molecule has 3 nitrogen and oxygen atoms in total. The second-order valence-corrected chi connectivity index (χ2v) is 5.98. The molecule has 106 valence electrons. The topological polar surface area (TPSA) is 40.5 Å². The average Bonchev–Trinajstić information content (AvgIpc) is 2.27. The number of amides is 1. The summed E-state index contributed by atoms with van der Waals surface area (Å²) in [5, 5.41) is 9.24. The molecule has 0 saturated carbocycles. The number of thioether (sulfide) groups is 1. The van der Waals surface area contributed by atoms with E-state index in [1.807, 2.05) is 6.92 Å². The number of likely N-dealkylation sites (tertiary alicyclic amines) is 1. The van der Waals surface area contributed by atoms with Gasteiger partial charge in [0.15, 0.2) is 0 Å². The lowest BCUT2D eigenvalue weighted by Gasteiger charge is -2.39. The third-order valence-electron chi connectivity index (χ3n) is 3.01. The van der Waals surface area contributed by atoms with Crippen molar-refractivity contribution in [2.24, 2.45) is 5.41 Å². The SMILES string of the molecule is CC1(CO)CCCN(C(=O)CSCC(F)(F)F)C1. The number of aliphatic hydroxyl groups is 1.